The molecule has 2 aliphatic rings. The molecule has 8 nitrogen and oxygen atoms in total. The third kappa shape index (κ3) is 4.88. The predicted molar refractivity (Wildman–Crippen MR) is 167 cm³/mol. The van der Waals surface area contributed by atoms with Crippen molar-refractivity contribution in [1.29, 1.82) is 0 Å². The molecule has 220 valence electrons. The number of methoxy groups -OCH3 is 1. The van der Waals surface area contributed by atoms with Crippen LogP contribution in [0.1, 0.15) is 44.3 Å². The van der Waals surface area contributed by atoms with Crippen molar-refractivity contribution in [2.45, 2.75) is 37.5 Å². The molecule has 4 aromatic carbocycles. The number of carbonyl (C=O) groups excluding carboxylic acids is 3. The van der Waals surface area contributed by atoms with Crippen LogP contribution in [0.25, 0.3) is 10.9 Å². The number of aromatic amines is 1. The zero-order valence-electron chi connectivity index (χ0n) is 24.2. The molecule has 0 radical (unpaired) electrons. The molecule has 3 atom stereocenters. The predicted octanol–water partition coefficient (Wildman–Crippen LogP) is 4.69. The molecular weight excluding hydrogens is 552 g/mol. The number of benzene rings is 4. The second-order valence-electron chi connectivity index (χ2n) is 11.3. The Hall–Kier alpha value is -5.37. The number of carbonyl (C=O) groups is 3. The lowest BCUT2D eigenvalue weighted by Crippen LogP contribution is -2.57. The maximum atomic E-state index is 14.3. The number of fused-ring (bicyclic) bond motifs is 7. The Labute approximate surface area is 255 Å². The molecule has 0 saturated heterocycles. The van der Waals surface area contributed by atoms with Crippen molar-refractivity contribution in [1.82, 2.24) is 20.5 Å². The van der Waals surface area contributed by atoms with Crippen LogP contribution >= 0.6 is 0 Å². The molecule has 5 aromatic rings. The Morgan fingerprint density at radius 2 is 1.68 bits per heavy atom. The van der Waals surface area contributed by atoms with E-state index >= 15 is 0 Å². The third-order valence-corrected chi connectivity index (χ3v) is 8.67. The van der Waals surface area contributed by atoms with Crippen LogP contribution in [0.5, 0.6) is 5.75 Å². The molecule has 0 fully saturated rings. The van der Waals surface area contributed by atoms with Gasteiger partial charge >= 0.3 is 0 Å². The van der Waals surface area contributed by atoms with Gasteiger partial charge in [-0.2, -0.15) is 0 Å². The zero-order valence-corrected chi connectivity index (χ0v) is 24.2. The van der Waals surface area contributed by atoms with Gasteiger partial charge in [-0.15, -0.1) is 0 Å². The minimum atomic E-state index is -0.849. The van der Waals surface area contributed by atoms with Gasteiger partial charge in [0.1, 0.15) is 17.8 Å². The fraction of sp³-hybridized carbons (Fsp3) is 0.194. The molecular formula is C36H32N4O4. The summed E-state index contributed by atoms with van der Waals surface area (Å²) in [5.41, 5.74) is 6.19. The van der Waals surface area contributed by atoms with Crippen molar-refractivity contribution in [3.63, 3.8) is 0 Å². The summed E-state index contributed by atoms with van der Waals surface area (Å²) in [5.74, 6) is -0.145. The molecule has 44 heavy (non-hydrogen) atoms. The molecule has 0 spiro atoms. The standard InChI is InChI=1S/C36H32N4O4/c1-44-24-13-9-12-23(18-24)21-37-34(41)30(19-22-10-3-2-4-11-22)39-35(42)31-20-28-25-14-7-8-17-29(25)38-32(28)33-26-15-5-6-16-27(26)36(43)40(31)33/h2-18,30-31,33,38H,19-21H2,1H3,(H,37,41)(H,39,42)/t30-,31-,33?/m0/s1. The molecule has 0 bridgehead atoms. The fourth-order valence-electron chi connectivity index (χ4n) is 6.56. The van der Waals surface area contributed by atoms with E-state index in [1.807, 2.05) is 103 Å². The Kier molecular flexibility index (Phi) is 7.10. The van der Waals surface area contributed by atoms with Crippen LogP contribution in [-0.2, 0) is 29.0 Å². The van der Waals surface area contributed by atoms with Crippen molar-refractivity contribution in [3.8, 4) is 5.75 Å². The summed E-state index contributed by atoms with van der Waals surface area (Å²) in [6.07, 6.45) is 0.643. The fourth-order valence-corrected chi connectivity index (χ4v) is 6.56. The zero-order chi connectivity index (χ0) is 30.2. The molecule has 3 N–H and O–H groups in total. The van der Waals surface area contributed by atoms with Gasteiger partial charge in [-0.25, -0.2) is 0 Å². The Morgan fingerprint density at radius 1 is 0.932 bits per heavy atom. The number of nitrogens with zero attached hydrogens (tertiary/aromatic N) is 1. The van der Waals surface area contributed by atoms with E-state index in [0.29, 0.717) is 24.2 Å². The highest BCUT2D eigenvalue weighted by Gasteiger charge is 2.49. The van der Waals surface area contributed by atoms with Crippen LogP contribution in [0.2, 0.25) is 0 Å². The minimum absolute atomic E-state index is 0.183. The molecule has 1 unspecified atom stereocenters. The topological polar surface area (TPSA) is 104 Å². The summed E-state index contributed by atoms with van der Waals surface area (Å²) in [6.45, 7) is 0.279. The van der Waals surface area contributed by atoms with Crippen LogP contribution in [0.3, 0.4) is 0 Å². The van der Waals surface area contributed by atoms with Crippen LogP contribution in [0.4, 0.5) is 0 Å². The van der Waals surface area contributed by atoms with Crippen molar-refractivity contribution < 1.29 is 19.1 Å². The number of amides is 3. The minimum Gasteiger partial charge on any atom is -0.497 e. The molecule has 0 aliphatic carbocycles. The van der Waals surface area contributed by atoms with Crippen LogP contribution < -0.4 is 15.4 Å². The quantitative estimate of drug-likeness (QED) is 0.246. The molecule has 3 heterocycles. The monoisotopic (exact) mass is 584 g/mol. The van der Waals surface area contributed by atoms with Crippen molar-refractivity contribution >= 4 is 28.6 Å². The summed E-state index contributed by atoms with van der Waals surface area (Å²) in [7, 11) is 1.60. The van der Waals surface area contributed by atoms with E-state index in [1.54, 1.807) is 12.0 Å². The summed E-state index contributed by atoms with van der Waals surface area (Å²) < 4.78 is 5.32. The van der Waals surface area contributed by atoms with Gasteiger partial charge in [0.25, 0.3) is 5.91 Å². The Morgan fingerprint density at radius 3 is 2.52 bits per heavy atom. The van der Waals surface area contributed by atoms with E-state index in [4.69, 9.17) is 4.74 Å². The first-order chi connectivity index (χ1) is 21.5. The van der Waals surface area contributed by atoms with E-state index in [-0.39, 0.29) is 24.3 Å². The van der Waals surface area contributed by atoms with Crippen LogP contribution in [0, 0.1) is 0 Å². The smallest absolute Gasteiger partial charge is 0.255 e. The van der Waals surface area contributed by atoms with E-state index in [9.17, 15) is 14.4 Å². The van der Waals surface area contributed by atoms with Crippen molar-refractivity contribution in [2.24, 2.45) is 0 Å². The Bertz CT molecular complexity index is 1880. The van der Waals surface area contributed by atoms with E-state index in [1.165, 1.54) is 0 Å². The summed E-state index contributed by atoms with van der Waals surface area (Å²) in [6, 6.07) is 30.6. The number of H-pyrrole nitrogens is 1. The number of ether oxygens (including phenoxy) is 1. The van der Waals surface area contributed by atoms with Gasteiger partial charge in [0.15, 0.2) is 0 Å². The van der Waals surface area contributed by atoms with E-state index in [2.05, 4.69) is 15.6 Å². The number of rotatable bonds is 8. The van der Waals surface area contributed by atoms with Crippen LogP contribution in [0.15, 0.2) is 103 Å². The molecule has 0 saturated carbocycles. The molecule has 7 rings (SSSR count). The highest BCUT2D eigenvalue weighted by atomic mass is 16.5. The highest BCUT2D eigenvalue weighted by Crippen LogP contribution is 2.46. The van der Waals surface area contributed by atoms with Crippen molar-refractivity contribution in [2.75, 3.05) is 7.11 Å². The third-order valence-electron chi connectivity index (χ3n) is 8.67. The summed E-state index contributed by atoms with van der Waals surface area (Å²) in [4.78, 5) is 47.0. The largest absolute Gasteiger partial charge is 0.497 e. The molecule has 8 heteroatoms. The lowest BCUT2D eigenvalue weighted by atomic mass is 9.89. The number of aromatic nitrogens is 1. The van der Waals surface area contributed by atoms with Gasteiger partial charge in [0, 0.05) is 41.5 Å². The first-order valence-corrected chi connectivity index (χ1v) is 14.8. The van der Waals surface area contributed by atoms with Gasteiger partial charge in [0.05, 0.1) is 13.2 Å². The Balaban J connectivity index is 1.20. The van der Waals surface area contributed by atoms with Gasteiger partial charge < -0.3 is 25.3 Å². The average molecular weight is 585 g/mol. The second kappa shape index (κ2) is 11.4. The first-order valence-electron chi connectivity index (χ1n) is 14.8. The molecule has 3 amide bonds. The van der Waals surface area contributed by atoms with Gasteiger partial charge in [-0.3, -0.25) is 14.4 Å². The summed E-state index contributed by atoms with van der Waals surface area (Å²) in [5, 5.41) is 7.07. The maximum Gasteiger partial charge on any atom is 0.255 e. The number of para-hydroxylation sites is 1. The lowest BCUT2D eigenvalue weighted by molar-refractivity contribution is -0.132. The summed E-state index contributed by atoms with van der Waals surface area (Å²) >= 11 is 0. The molecule has 2 aliphatic heterocycles. The van der Waals surface area contributed by atoms with E-state index < -0.39 is 18.1 Å². The van der Waals surface area contributed by atoms with Gasteiger partial charge in [0.2, 0.25) is 11.8 Å². The normalized spacial score (nSPS) is 17.4. The number of hydrogen-bond donors (Lipinski definition) is 3. The highest BCUT2D eigenvalue weighted by molar-refractivity contribution is 6.04. The average Bonchev–Trinajstić information content (AvgIpc) is 3.58. The lowest BCUT2D eigenvalue weighted by Gasteiger charge is -2.37. The molecule has 1 aromatic heterocycles. The maximum absolute atomic E-state index is 14.3. The SMILES string of the molecule is COc1cccc(CNC(=O)[C@H](Cc2ccccc2)NC(=O)[C@@H]2Cc3c([nH]c4ccccc34)C3c4ccccc4C(=O)N32)c1. The van der Waals surface area contributed by atoms with E-state index in [0.717, 1.165) is 38.9 Å². The van der Waals surface area contributed by atoms with Crippen molar-refractivity contribution in [3.05, 3.63) is 137 Å². The number of nitrogens with one attached hydrogen (secondary N) is 3. The van der Waals surface area contributed by atoms with Gasteiger partial charge in [-0.05, 0) is 46.5 Å². The number of hydrogen-bond acceptors (Lipinski definition) is 4. The first kappa shape index (κ1) is 27.5. The van der Waals surface area contributed by atoms with Crippen LogP contribution in [-0.4, -0.2) is 46.8 Å². The second-order valence-corrected chi connectivity index (χ2v) is 11.3. The van der Waals surface area contributed by atoms with Gasteiger partial charge in [-0.1, -0.05) is 78.9 Å².